The van der Waals surface area contributed by atoms with Gasteiger partial charge in [0.05, 0.1) is 30.4 Å². The first-order valence-corrected chi connectivity index (χ1v) is 19.2. The molecule has 1 N–H and O–H groups in total. The lowest BCUT2D eigenvalue weighted by atomic mass is 9.98. The van der Waals surface area contributed by atoms with Crippen molar-refractivity contribution in [1.29, 1.82) is 0 Å². The van der Waals surface area contributed by atoms with Gasteiger partial charge in [-0.2, -0.15) is 36.4 Å². The van der Waals surface area contributed by atoms with Gasteiger partial charge in [0.15, 0.2) is 0 Å². The highest BCUT2D eigenvalue weighted by molar-refractivity contribution is 9.09. The molecule has 0 spiro atoms. The number of hydrogen-bond acceptors (Lipinski definition) is 8. The predicted molar refractivity (Wildman–Crippen MR) is 203 cm³/mol. The lowest BCUT2D eigenvalue weighted by Crippen LogP contribution is -2.23. The van der Waals surface area contributed by atoms with Gasteiger partial charge in [-0.1, -0.05) is 88.7 Å². The van der Waals surface area contributed by atoms with Crippen LogP contribution in [0.5, 0.6) is 0 Å². The van der Waals surface area contributed by atoms with Crippen molar-refractivity contribution in [2.24, 2.45) is 0 Å². The van der Waals surface area contributed by atoms with E-state index in [1.54, 1.807) is 4.80 Å². The van der Waals surface area contributed by atoms with Crippen molar-refractivity contribution in [2.45, 2.75) is 61.7 Å². The minimum absolute atomic E-state index is 0.0806. The fraction of sp³-hybridized carbons (Fsp3) is 0.350. The second-order valence-corrected chi connectivity index (χ2v) is 14.7. The lowest BCUT2D eigenvalue weighted by Gasteiger charge is -2.20. The van der Waals surface area contributed by atoms with Crippen LogP contribution in [0.15, 0.2) is 97.1 Å². The Labute approximate surface area is 333 Å². The Balaban J connectivity index is 0.000000168. The van der Waals surface area contributed by atoms with E-state index in [9.17, 15) is 26.3 Å². The summed E-state index contributed by atoms with van der Waals surface area (Å²) in [5.41, 5.74) is 3.75. The number of hydrogen-bond donors (Lipinski definition) is 1. The number of ether oxygens (including phenoxy) is 2. The number of rotatable bonds is 7. The standard InChI is InChI=1S/C20H19F3N4O.C15H11F3N4.C5H9BrO/c21-20(22,23)16-9-7-14(8-10-16)12-15-4-1-2-6-18(15)19-24-26-27(25-19)17-5-3-11-28-13-17;16-15(17,18)12-7-5-10(6-8-12)9-11-3-1-2-4-13(11)14-19-21-22-20-14;6-5-2-1-3-7-4-5/h1-2,4,6-10,17H,3,5,11-13H2;1-8H,9H2,(H,19,20,21,22);5H,1-4H2. The summed E-state index contributed by atoms with van der Waals surface area (Å²) in [6.07, 6.45) is -3.27. The average molecular weight is 858 g/mol. The van der Waals surface area contributed by atoms with Gasteiger partial charge in [0, 0.05) is 29.2 Å². The van der Waals surface area contributed by atoms with E-state index >= 15 is 0 Å². The summed E-state index contributed by atoms with van der Waals surface area (Å²) in [5.74, 6) is 0.968. The van der Waals surface area contributed by atoms with Crippen molar-refractivity contribution < 1.29 is 35.8 Å². The van der Waals surface area contributed by atoms with Gasteiger partial charge in [0.2, 0.25) is 11.6 Å². The Kier molecular flexibility index (Phi) is 14.2. The maximum absolute atomic E-state index is 12.8. The first-order chi connectivity index (χ1) is 27.4. The zero-order valence-corrected chi connectivity index (χ0v) is 32.1. The zero-order chi connectivity index (χ0) is 40.3. The number of alkyl halides is 7. The first kappa shape index (κ1) is 41.6. The molecular formula is C40H39BrF6N8O2. The van der Waals surface area contributed by atoms with Crippen LogP contribution in [0.2, 0.25) is 0 Å². The van der Waals surface area contributed by atoms with Gasteiger partial charge in [-0.15, -0.1) is 20.4 Å². The monoisotopic (exact) mass is 856 g/mol. The average Bonchev–Trinajstić information content (AvgIpc) is 3.94. The quantitative estimate of drug-likeness (QED) is 0.125. The molecule has 0 aliphatic carbocycles. The van der Waals surface area contributed by atoms with E-state index in [0.29, 0.717) is 35.9 Å². The van der Waals surface area contributed by atoms with Gasteiger partial charge in [-0.25, -0.2) is 0 Å². The van der Waals surface area contributed by atoms with Crippen LogP contribution < -0.4 is 0 Å². The lowest BCUT2D eigenvalue weighted by molar-refractivity contribution is -0.138. The molecule has 2 saturated heterocycles. The summed E-state index contributed by atoms with van der Waals surface area (Å²) < 4.78 is 86.6. The molecule has 2 atom stereocenters. The summed E-state index contributed by atoms with van der Waals surface area (Å²) in [5, 5.41) is 26.7. The maximum Gasteiger partial charge on any atom is 0.416 e. The van der Waals surface area contributed by atoms with Crippen molar-refractivity contribution in [3.8, 4) is 22.8 Å². The number of nitrogens with one attached hydrogen (secondary N) is 1. The molecule has 2 fully saturated rings. The molecule has 2 unspecified atom stereocenters. The van der Waals surface area contributed by atoms with Crippen LogP contribution in [0.25, 0.3) is 22.8 Å². The van der Waals surface area contributed by atoms with E-state index in [4.69, 9.17) is 9.47 Å². The second kappa shape index (κ2) is 19.4. The molecule has 17 heteroatoms. The summed E-state index contributed by atoms with van der Waals surface area (Å²) >= 11 is 3.46. The molecule has 2 aromatic heterocycles. The zero-order valence-electron chi connectivity index (χ0n) is 30.6. The summed E-state index contributed by atoms with van der Waals surface area (Å²) in [7, 11) is 0. The number of H-pyrrole nitrogens is 1. The highest BCUT2D eigenvalue weighted by Gasteiger charge is 2.31. The van der Waals surface area contributed by atoms with Gasteiger partial charge in [0.25, 0.3) is 0 Å². The van der Waals surface area contributed by atoms with Crippen molar-refractivity contribution >= 4 is 15.9 Å². The van der Waals surface area contributed by atoms with Crippen molar-refractivity contribution in [1.82, 2.24) is 40.8 Å². The van der Waals surface area contributed by atoms with Gasteiger partial charge in [-0.3, -0.25) is 0 Å². The molecule has 0 amide bonds. The second-order valence-electron chi connectivity index (χ2n) is 13.4. The fourth-order valence-electron chi connectivity index (χ4n) is 6.22. The van der Waals surface area contributed by atoms with Gasteiger partial charge in [-0.05, 0) is 95.5 Å². The van der Waals surface area contributed by atoms with E-state index < -0.39 is 23.5 Å². The number of halogens is 7. The molecule has 57 heavy (non-hydrogen) atoms. The van der Waals surface area contributed by atoms with Crippen LogP contribution in [0, 0.1) is 0 Å². The first-order valence-electron chi connectivity index (χ1n) is 18.3. The normalized spacial score (nSPS) is 17.2. The minimum atomic E-state index is -4.33. The Bertz CT molecular complexity index is 2120. The van der Waals surface area contributed by atoms with Crippen LogP contribution >= 0.6 is 15.9 Å². The molecule has 0 bridgehead atoms. The smallest absolute Gasteiger partial charge is 0.380 e. The van der Waals surface area contributed by atoms with E-state index in [1.165, 1.54) is 37.1 Å². The van der Waals surface area contributed by atoms with Gasteiger partial charge < -0.3 is 9.47 Å². The number of aromatic amines is 1. The number of tetrazole rings is 2. The number of nitrogens with zero attached hydrogens (tertiary/aromatic N) is 7. The summed E-state index contributed by atoms with van der Waals surface area (Å²) in [6, 6.07) is 25.5. The van der Waals surface area contributed by atoms with Crippen molar-refractivity contribution in [3.05, 3.63) is 130 Å². The molecule has 300 valence electrons. The Morgan fingerprint density at radius 2 is 1.18 bits per heavy atom. The van der Waals surface area contributed by atoms with E-state index in [-0.39, 0.29) is 6.04 Å². The van der Waals surface area contributed by atoms with Crippen LogP contribution in [-0.2, 0) is 34.7 Å². The SMILES string of the molecule is BrC1CCCOC1.FC(F)(F)c1ccc(Cc2ccccc2-c2nn[nH]n2)cc1.FC(F)(F)c1ccc(Cc2ccccc2-c2nnn(C3CCCOC3)n2)cc1. The molecule has 6 aromatic rings. The number of benzene rings is 4. The number of aromatic nitrogens is 8. The van der Waals surface area contributed by atoms with Crippen LogP contribution in [0.1, 0.15) is 65.1 Å². The third kappa shape index (κ3) is 12.0. The molecule has 8 rings (SSSR count). The van der Waals surface area contributed by atoms with Crippen LogP contribution in [0.4, 0.5) is 26.3 Å². The molecular weight excluding hydrogens is 818 g/mol. The van der Waals surface area contributed by atoms with Crippen LogP contribution in [-0.4, -0.2) is 72.1 Å². The molecule has 10 nitrogen and oxygen atoms in total. The third-order valence-electron chi connectivity index (χ3n) is 9.21. The highest BCUT2D eigenvalue weighted by Crippen LogP contribution is 2.32. The minimum Gasteiger partial charge on any atom is -0.380 e. The molecule has 0 radical (unpaired) electrons. The van der Waals surface area contributed by atoms with Gasteiger partial charge in [0.1, 0.15) is 0 Å². The topological polar surface area (TPSA) is 117 Å². The van der Waals surface area contributed by atoms with Crippen molar-refractivity contribution in [2.75, 3.05) is 26.4 Å². The Hall–Kier alpha value is -5.00. The van der Waals surface area contributed by atoms with E-state index in [1.807, 2.05) is 48.5 Å². The van der Waals surface area contributed by atoms with E-state index in [2.05, 4.69) is 52.0 Å². The molecule has 4 aromatic carbocycles. The largest absolute Gasteiger partial charge is 0.416 e. The molecule has 4 heterocycles. The van der Waals surface area contributed by atoms with Gasteiger partial charge >= 0.3 is 12.4 Å². The summed E-state index contributed by atoms with van der Waals surface area (Å²) in [4.78, 5) is 2.23. The molecule has 2 aliphatic rings. The maximum atomic E-state index is 12.8. The Morgan fingerprint density at radius 1 is 0.649 bits per heavy atom. The highest BCUT2D eigenvalue weighted by atomic mass is 79.9. The molecule has 0 saturated carbocycles. The van der Waals surface area contributed by atoms with Crippen LogP contribution in [0.3, 0.4) is 0 Å². The Morgan fingerprint density at radius 3 is 1.61 bits per heavy atom. The summed E-state index contributed by atoms with van der Waals surface area (Å²) in [6.45, 7) is 3.19. The van der Waals surface area contributed by atoms with Crippen molar-refractivity contribution in [3.63, 3.8) is 0 Å². The van der Waals surface area contributed by atoms with E-state index in [0.717, 1.165) is 90.3 Å². The predicted octanol–water partition coefficient (Wildman–Crippen LogP) is 9.34. The fourth-order valence-corrected chi connectivity index (χ4v) is 6.73. The third-order valence-corrected chi connectivity index (χ3v) is 9.93. The molecule has 2 aliphatic heterocycles.